The number of nitrogens with zero attached hydrogens (tertiary/aromatic N) is 2. The van der Waals surface area contributed by atoms with Crippen molar-refractivity contribution in [2.45, 2.75) is 6.54 Å². The summed E-state index contributed by atoms with van der Waals surface area (Å²) in [5, 5.41) is 3.15. The number of para-hydroxylation sites is 1. The van der Waals surface area contributed by atoms with Crippen molar-refractivity contribution >= 4 is 16.8 Å². The molecule has 1 aromatic heterocycles. The molecule has 0 atom stereocenters. The number of benzene rings is 3. The van der Waals surface area contributed by atoms with E-state index >= 15 is 0 Å². The van der Waals surface area contributed by atoms with Gasteiger partial charge in [-0.3, -0.25) is 14.2 Å². The molecule has 4 aromatic rings. The van der Waals surface area contributed by atoms with Gasteiger partial charge in [0.25, 0.3) is 11.5 Å². The minimum atomic E-state index is -0.511. The van der Waals surface area contributed by atoms with E-state index in [1.54, 1.807) is 30.3 Å². The van der Waals surface area contributed by atoms with Gasteiger partial charge in [0.2, 0.25) is 0 Å². The molecule has 4 rings (SSSR count). The Kier molecular flexibility index (Phi) is 4.68. The normalized spacial score (nSPS) is 10.8. The first-order valence-electron chi connectivity index (χ1n) is 8.72. The lowest BCUT2D eigenvalue weighted by Gasteiger charge is -2.09. The third-order valence-corrected chi connectivity index (χ3v) is 4.43. The second kappa shape index (κ2) is 7.44. The van der Waals surface area contributed by atoms with Crippen LogP contribution in [0.2, 0.25) is 0 Å². The first-order chi connectivity index (χ1) is 13.6. The summed E-state index contributed by atoms with van der Waals surface area (Å²) in [5.74, 6) is -0.770. The maximum Gasteiger partial charge on any atom is 0.265 e. The zero-order valence-electron chi connectivity index (χ0n) is 14.8. The van der Waals surface area contributed by atoms with Gasteiger partial charge in [0.05, 0.1) is 16.6 Å². The van der Waals surface area contributed by atoms with Crippen LogP contribution < -0.4 is 10.9 Å². The lowest BCUT2D eigenvalue weighted by Crippen LogP contribution is -2.23. The van der Waals surface area contributed by atoms with Crippen molar-refractivity contribution in [3.8, 4) is 5.69 Å². The summed E-state index contributed by atoms with van der Waals surface area (Å²) in [4.78, 5) is 29.4. The molecule has 0 aliphatic heterocycles. The number of hydrogen-bond acceptors (Lipinski definition) is 3. The number of nitrogens with one attached hydrogen (secondary N) is 1. The molecule has 28 heavy (non-hydrogen) atoms. The predicted molar refractivity (Wildman–Crippen MR) is 105 cm³/mol. The first-order valence-corrected chi connectivity index (χ1v) is 8.72. The van der Waals surface area contributed by atoms with Gasteiger partial charge in [0.1, 0.15) is 12.1 Å². The van der Waals surface area contributed by atoms with Gasteiger partial charge >= 0.3 is 0 Å². The maximum atomic E-state index is 14.0. The van der Waals surface area contributed by atoms with Crippen molar-refractivity contribution < 1.29 is 9.18 Å². The van der Waals surface area contributed by atoms with Crippen LogP contribution >= 0.6 is 0 Å². The van der Waals surface area contributed by atoms with Crippen LogP contribution in [-0.2, 0) is 6.54 Å². The quantitative estimate of drug-likeness (QED) is 0.596. The van der Waals surface area contributed by atoms with Gasteiger partial charge in [-0.1, -0.05) is 42.5 Å². The molecule has 1 heterocycles. The van der Waals surface area contributed by atoms with Crippen LogP contribution in [0.3, 0.4) is 0 Å². The Morgan fingerprint density at radius 3 is 2.54 bits per heavy atom. The number of carbonyl (C=O) groups excluding carboxylic acids is 1. The second-order valence-electron chi connectivity index (χ2n) is 6.27. The van der Waals surface area contributed by atoms with Gasteiger partial charge < -0.3 is 5.32 Å². The van der Waals surface area contributed by atoms with E-state index < -0.39 is 11.4 Å². The molecule has 1 amide bonds. The summed E-state index contributed by atoms with van der Waals surface area (Å²) in [6, 6.07) is 20.2. The van der Waals surface area contributed by atoms with Gasteiger partial charge in [-0.25, -0.2) is 9.37 Å². The summed E-state index contributed by atoms with van der Waals surface area (Å²) in [6.45, 7) is 0.403. The molecular weight excluding hydrogens is 357 g/mol. The van der Waals surface area contributed by atoms with Gasteiger partial charge in [-0.2, -0.15) is 0 Å². The third kappa shape index (κ3) is 3.40. The van der Waals surface area contributed by atoms with E-state index in [4.69, 9.17) is 0 Å². The average molecular weight is 373 g/mol. The zero-order chi connectivity index (χ0) is 19.5. The van der Waals surface area contributed by atoms with Crippen LogP contribution in [0.25, 0.3) is 16.6 Å². The van der Waals surface area contributed by atoms with Crippen molar-refractivity contribution in [2.75, 3.05) is 0 Å². The Morgan fingerprint density at radius 1 is 1.00 bits per heavy atom. The maximum absolute atomic E-state index is 14.0. The number of hydrogen-bond donors (Lipinski definition) is 1. The molecule has 0 unspecified atom stereocenters. The van der Waals surface area contributed by atoms with E-state index in [0.29, 0.717) is 23.0 Å². The Hall–Kier alpha value is -3.80. The number of rotatable bonds is 4. The standard InChI is InChI=1S/C22H16FN3O2/c23-18-8-4-5-9-20(18)26-14-25-19-12-16(10-11-17(19)22(26)28)21(27)24-13-15-6-2-1-3-7-15/h1-12,14H,13H2,(H,24,27). The lowest BCUT2D eigenvalue weighted by atomic mass is 10.1. The molecule has 3 aromatic carbocycles. The van der Waals surface area contributed by atoms with E-state index in [2.05, 4.69) is 10.3 Å². The summed E-state index contributed by atoms with van der Waals surface area (Å²) < 4.78 is 15.2. The van der Waals surface area contributed by atoms with E-state index in [9.17, 15) is 14.0 Å². The molecule has 0 aliphatic carbocycles. The first kappa shape index (κ1) is 17.6. The molecular formula is C22H16FN3O2. The van der Waals surface area contributed by atoms with Crippen LogP contribution in [-0.4, -0.2) is 15.5 Å². The Morgan fingerprint density at radius 2 is 1.75 bits per heavy atom. The van der Waals surface area contributed by atoms with Crippen LogP contribution in [0.4, 0.5) is 4.39 Å². The summed E-state index contributed by atoms with van der Waals surface area (Å²) >= 11 is 0. The molecule has 0 fully saturated rings. The molecule has 0 bridgehead atoms. The molecule has 0 radical (unpaired) electrons. The minimum absolute atomic E-state index is 0.131. The van der Waals surface area contributed by atoms with Crippen molar-refractivity contribution in [1.29, 1.82) is 0 Å². The topological polar surface area (TPSA) is 64.0 Å². The molecule has 6 heteroatoms. The average Bonchev–Trinajstić information content (AvgIpc) is 2.73. The number of aromatic nitrogens is 2. The fraction of sp³-hybridized carbons (Fsp3) is 0.0455. The van der Waals surface area contributed by atoms with Crippen LogP contribution in [0.15, 0.2) is 83.9 Å². The summed E-state index contributed by atoms with van der Waals surface area (Å²) in [6.07, 6.45) is 1.27. The third-order valence-electron chi connectivity index (χ3n) is 4.43. The highest BCUT2D eigenvalue weighted by Crippen LogP contribution is 2.14. The summed E-state index contributed by atoms with van der Waals surface area (Å²) in [7, 11) is 0. The van der Waals surface area contributed by atoms with E-state index in [0.717, 1.165) is 10.1 Å². The van der Waals surface area contributed by atoms with Crippen molar-refractivity contribution in [3.05, 3.63) is 106 Å². The molecule has 0 saturated heterocycles. The smallest absolute Gasteiger partial charge is 0.265 e. The summed E-state index contributed by atoms with van der Waals surface area (Å²) in [5.41, 5.74) is 1.50. The molecule has 0 saturated carbocycles. The van der Waals surface area contributed by atoms with E-state index in [1.165, 1.54) is 18.5 Å². The van der Waals surface area contributed by atoms with Crippen LogP contribution in [0.5, 0.6) is 0 Å². The SMILES string of the molecule is O=C(NCc1ccccc1)c1ccc2c(=O)n(-c3ccccc3F)cnc2c1. The van der Waals surface area contributed by atoms with Crippen molar-refractivity contribution in [1.82, 2.24) is 14.9 Å². The Bertz CT molecular complexity index is 1220. The lowest BCUT2D eigenvalue weighted by molar-refractivity contribution is 0.0951. The Labute approximate surface area is 160 Å². The predicted octanol–water partition coefficient (Wildman–Crippen LogP) is 3.45. The monoisotopic (exact) mass is 373 g/mol. The van der Waals surface area contributed by atoms with Gasteiger partial charge in [0.15, 0.2) is 0 Å². The highest BCUT2D eigenvalue weighted by Gasteiger charge is 2.12. The molecule has 0 spiro atoms. The fourth-order valence-electron chi connectivity index (χ4n) is 2.96. The number of carbonyl (C=O) groups is 1. The molecule has 5 nitrogen and oxygen atoms in total. The molecule has 138 valence electrons. The largest absolute Gasteiger partial charge is 0.348 e. The van der Waals surface area contributed by atoms with E-state index in [-0.39, 0.29) is 11.6 Å². The van der Waals surface area contributed by atoms with Crippen LogP contribution in [0.1, 0.15) is 15.9 Å². The second-order valence-corrected chi connectivity index (χ2v) is 6.27. The molecule has 0 aliphatic rings. The van der Waals surface area contributed by atoms with Crippen LogP contribution in [0, 0.1) is 5.82 Å². The zero-order valence-corrected chi connectivity index (χ0v) is 14.8. The van der Waals surface area contributed by atoms with Gasteiger partial charge in [-0.05, 0) is 35.9 Å². The van der Waals surface area contributed by atoms with Crippen molar-refractivity contribution in [2.24, 2.45) is 0 Å². The number of fused-ring (bicyclic) bond motifs is 1. The van der Waals surface area contributed by atoms with E-state index in [1.807, 2.05) is 30.3 Å². The van der Waals surface area contributed by atoms with Gasteiger partial charge in [0, 0.05) is 12.1 Å². The highest BCUT2D eigenvalue weighted by molar-refractivity contribution is 5.97. The minimum Gasteiger partial charge on any atom is -0.348 e. The van der Waals surface area contributed by atoms with Gasteiger partial charge in [-0.15, -0.1) is 0 Å². The fourth-order valence-corrected chi connectivity index (χ4v) is 2.96. The highest BCUT2D eigenvalue weighted by atomic mass is 19.1. The number of halogens is 1. The Balaban J connectivity index is 1.63. The molecule has 1 N–H and O–H groups in total. The van der Waals surface area contributed by atoms with Crippen molar-refractivity contribution in [3.63, 3.8) is 0 Å². The number of amides is 1.